The lowest BCUT2D eigenvalue weighted by Crippen LogP contribution is -2.38. The van der Waals surface area contributed by atoms with Crippen LogP contribution in [0.1, 0.15) is 19.4 Å². The maximum absolute atomic E-state index is 5.48. The molecule has 0 unspecified atom stereocenters. The molecule has 21 heavy (non-hydrogen) atoms. The highest BCUT2D eigenvalue weighted by atomic mass is 127. The molecule has 1 aromatic carbocycles. The van der Waals surface area contributed by atoms with Crippen molar-refractivity contribution in [2.45, 2.75) is 20.4 Å². The Hall–Kier alpha value is -1.02. The minimum absolute atomic E-state index is 0. The number of methoxy groups -OCH3 is 1. The highest BCUT2D eigenvalue weighted by Gasteiger charge is 1.98. The van der Waals surface area contributed by atoms with Crippen molar-refractivity contribution in [3.63, 3.8) is 0 Å². The maximum atomic E-state index is 5.48. The molecule has 0 saturated heterocycles. The first-order valence-electron chi connectivity index (χ1n) is 7.03. The average molecular weight is 407 g/mol. The van der Waals surface area contributed by atoms with Gasteiger partial charge in [-0.3, -0.25) is 0 Å². The molecule has 0 aromatic heterocycles. The van der Waals surface area contributed by atoms with Gasteiger partial charge < -0.3 is 20.1 Å². The molecule has 1 aromatic rings. The first-order chi connectivity index (χ1) is 9.80. The Morgan fingerprint density at radius 2 is 2.05 bits per heavy atom. The van der Waals surface area contributed by atoms with Gasteiger partial charge in [0.1, 0.15) is 5.75 Å². The summed E-state index contributed by atoms with van der Waals surface area (Å²) in [6.45, 7) is 7.54. The molecule has 0 atom stereocenters. The molecular formula is C15H26IN3O2. The van der Waals surface area contributed by atoms with Crippen LogP contribution >= 0.6 is 24.0 Å². The fraction of sp³-hybridized carbons (Fsp3) is 0.533. The van der Waals surface area contributed by atoms with Gasteiger partial charge in [0.25, 0.3) is 0 Å². The lowest BCUT2D eigenvalue weighted by molar-refractivity contribution is 0.203. The maximum Gasteiger partial charge on any atom is 0.191 e. The SMILES string of the molecule is CCNC(=NCc1cccc(OCC)c1)NCCOC.I. The Morgan fingerprint density at radius 1 is 1.24 bits per heavy atom. The van der Waals surface area contributed by atoms with Gasteiger partial charge in [0.2, 0.25) is 0 Å². The van der Waals surface area contributed by atoms with E-state index in [4.69, 9.17) is 9.47 Å². The second-order valence-corrected chi connectivity index (χ2v) is 4.20. The molecule has 0 bridgehead atoms. The number of guanidine groups is 1. The fourth-order valence-corrected chi connectivity index (χ4v) is 1.68. The molecule has 0 aliphatic heterocycles. The van der Waals surface area contributed by atoms with Crippen LogP contribution in [0.5, 0.6) is 5.75 Å². The van der Waals surface area contributed by atoms with E-state index in [0.717, 1.165) is 30.4 Å². The third kappa shape index (κ3) is 8.77. The zero-order valence-corrected chi connectivity index (χ0v) is 15.3. The minimum atomic E-state index is 0. The van der Waals surface area contributed by atoms with Gasteiger partial charge in [-0.25, -0.2) is 4.99 Å². The van der Waals surface area contributed by atoms with Crippen LogP contribution in [-0.4, -0.2) is 39.4 Å². The summed E-state index contributed by atoms with van der Waals surface area (Å²) in [5, 5.41) is 6.42. The number of halogens is 1. The number of hydrogen-bond acceptors (Lipinski definition) is 3. The topological polar surface area (TPSA) is 54.9 Å². The van der Waals surface area contributed by atoms with Crippen LogP contribution < -0.4 is 15.4 Å². The Bertz CT molecular complexity index is 414. The summed E-state index contributed by atoms with van der Waals surface area (Å²) in [4.78, 5) is 4.54. The van der Waals surface area contributed by atoms with E-state index in [-0.39, 0.29) is 24.0 Å². The van der Waals surface area contributed by atoms with Crippen molar-refractivity contribution < 1.29 is 9.47 Å². The predicted octanol–water partition coefficient (Wildman–Crippen LogP) is 2.40. The second kappa shape index (κ2) is 12.7. The van der Waals surface area contributed by atoms with Crippen LogP contribution in [0.4, 0.5) is 0 Å². The smallest absolute Gasteiger partial charge is 0.191 e. The van der Waals surface area contributed by atoms with Gasteiger partial charge in [-0.15, -0.1) is 24.0 Å². The van der Waals surface area contributed by atoms with Gasteiger partial charge >= 0.3 is 0 Å². The molecule has 5 nitrogen and oxygen atoms in total. The molecule has 0 spiro atoms. The number of ether oxygens (including phenoxy) is 2. The predicted molar refractivity (Wildman–Crippen MR) is 97.7 cm³/mol. The van der Waals surface area contributed by atoms with Gasteiger partial charge in [-0.05, 0) is 31.5 Å². The third-order valence-corrected chi connectivity index (χ3v) is 2.57. The molecule has 1 rings (SSSR count). The van der Waals surface area contributed by atoms with Crippen molar-refractivity contribution in [2.24, 2.45) is 4.99 Å². The number of aliphatic imine (C=N–C) groups is 1. The van der Waals surface area contributed by atoms with Crippen molar-refractivity contribution in [1.82, 2.24) is 10.6 Å². The van der Waals surface area contributed by atoms with Gasteiger partial charge in [-0.2, -0.15) is 0 Å². The largest absolute Gasteiger partial charge is 0.494 e. The van der Waals surface area contributed by atoms with Gasteiger partial charge in [0.05, 0.1) is 19.8 Å². The summed E-state index contributed by atoms with van der Waals surface area (Å²) in [6, 6.07) is 8.01. The number of hydrogen-bond donors (Lipinski definition) is 2. The van der Waals surface area contributed by atoms with Crippen molar-refractivity contribution in [3.8, 4) is 5.75 Å². The monoisotopic (exact) mass is 407 g/mol. The van der Waals surface area contributed by atoms with Crippen LogP contribution in [0.2, 0.25) is 0 Å². The van der Waals surface area contributed by atoms with Crippen LogP contribution in [-0.2, 0) is 11.3 Å². The van der Waals surface area contributed by atoms with Crippen molar-refractivity contribution in [3.05, 3.63) is 29.8 Å². The lowest BCUT2D eigenvalue weighted by atomic mass is 10.2. The molecule has 120 valence electrons. The quantitative estimate of drug-likeness (QED) is 0.301. The van der Waals surface area contributed by atoms with E-state index in [0.29, 0.717) is 19.8 Å². The molecule has 0 aliphatic rings. The van der Waals surface area contributed by atoms with E-state index in [1.54, 1.807) is 7.11 Å². The summed E-state index contributed by atoms with van der Waals surface area (Å²) < 4.78 is 10.5. The Kier molecular flexibility index (Phi) is 12.1. The Labute approximate surface area is 144 Å². The molecule has 0 saturated carbocycles. The standard InChI is InChI=1S/C15H25N3O2.HI/c1-4-16-15(17-9-10-19-3)18-12-13-7-6-8-14(11-13)20-5-2;/h6-8,11H,4-5,9-10,12H2,1-3H3,(H2,16,17,18);1H. The normalized spacial score (nSPS) is 10.7. The first kappa shape index (κ1) is 20.0. The first-order valence-corrected chi connectivity index (χ1v) is 7.03. The van der Waals surface area contributed by atoms with Crippen molar-refractivity contribution in [2.75, 3.05) is 33.4 Å². The van der Waals surface area contributed by atoms with Crippen LogP contribution in [0.15, 0.2) is 29.3 Å². The van der Waals surface area contributed by atoms with E-state index in [9.17, 15) is 0 Å². The van der Waals surface area contributed by atoms with Gasteiger partial charge in [0.15, 0.2) is 5.96 Å². The Balaban J connectivity index is 0.00000400. The zero-order chi connectivity index (χ0) is 14.6. The number of nitrogens with zero attached hydrogens (tertiary/aromatic N) is 1. The molecule has 0 fully saturated rings. The average Bonchev–Trinajstić information content (AvgIpc) is 2.46. The summed E-state index contributed by atoms with van der Waals surface area (Å²) in [6.07, 6.45) is 0. The number of nitrogens with one attached hydrogen (secondary N) is 2. The lowest BCUT2D eigenvalue weighted by Gasteiger charge is -2.11. The number of rotatable bonds is 8. The van der Waals surface area contributed by atoms with Gasteiger partial charge in [0, 0.05) is 20.2 Å². The fourth-order valence-electron chi connectivity index (χ4n) is 1.68. The van der Waals surface area contributed by atoms with E-state index in [1.165, 1.54) is 0 Å². The summed E-state index contributed by atoms with van der Waals surface area (Å²) in [5.41, 5.74) is 1.12. The van der Waals surface area contributed by atoms with E-state index in [1.807, 2.05) is 38.1 Å². The third-order valence-electron chi connectivity index (χ3n) is 2.57. The molecule has 0 radical (unpaired) electrons. The highest BCUT2D eigenvalue weighted by Crippen LogP contribution is 2.13. The summed E-state index contributed by atoms with van der Waals surface area (Å²) in [7, 11) is 1.69. The van der Waals surface area contributed by atoms with Crippen LogP contribution in [0.3, 0.4) is 0 Å². The van der Waals surface area contributed by atoms with E-state index < -0.39 is 0 Å². The summed E-state index contributed by atoms with van der Waals surface area (Å²) >= 11 is 0. The van der Waals surface area contributed by atoms with Crippen LogP contribution in [0.25, 0.3) is 0 Å². The van der Waals surface area contributed by atoms with E-state index in [2.05, 4.69) is 15.6 Å². The van der Waals surface area contributed by atoms with Crippen molar-refractivity contribution >= 4 is 29.9 Å². The van der Waals surface area contributed by atoms with Gasteiger partial charge in [-0.1, -0.05) is 12.1 Å². The molecule has 0 amide bonds. The molecular weight excluding hydrogens is 381 g/mol. The molecule has 6 heteroatoms. The highest BCUT2D eigenvalue weighted by molar-refractivity contribution is 14.0. The zero-order valence-electron chi connectivity index (χ0n) is 13.0. The summed E-state index contributed by atoms with van der Waals surface area (Å²) in [5.74, 6) is 1.68. The van der Waals surface area contributed by atoms with Crippen LogP contribution in [0, 0.1) is 0 Å². The molecule has 0 heterocycles. The molecule has 2 N–H and O–H groups in total. The Morgan fingerprint density at radius 3 is 2.71 bits per heavy atom. The molecule has 0 aliphatic carbocycles. The van der Waals surface area contributed by atoms with Crippen molar-refractivity contribution in [1.29, 1.82) is 0 Å². The second-order valence-electron chi connectivity index (χ2n) is 4.20. The van der Waals surface area contributed by atoms with E-state index >= 15 is 0 Å². The number of benzene rings is 1. The minimum Gasteiger partial charge on any atom is -0.494 e.